The molecule has 3 aliphatic rings. The lowest BCUT2D eigenvalue weighted by molar-refractivity contribution is -0.132. The van der Waals surface area contributed by atoms with Gasteiger partial charge in [-0.3, -0.25) is 9.78 Å². The minimum atomic E-state index is 0.278. The number of hydrogen-bond donors (Lipinski definition) is 0. The number of carbonyl (C=O) groups is 1. The van der Waals surface area contributed by atoms with Crippen LogP contribution in [0.3, 0.4) is 0 Å². The highest BCUT2D eigenvalue weighted by molar-refractivity contribution is 5.81. The Morgan fingerprint density at radius 3 is 2.70 bits per heavy atom. The van der Waals surface area contributed by atoms with Crippen LogP contribution in [0.1, 0.15) is 18.5 Å². The van der Waals surface area contributed by atoms with Gasteiger partial charge >= 0.3 is 0 Å². The summed E-state index contributed by atoms with van der Waals surface area (Å²) in [5, 5.41) is 4.15. The van der Waals surface area contributed by atoms with E-state index in [1.54, 1.807) is 6.20 Å². The number of pyridine rings is 1. The molecular formula is C19H23N5O3. The van der Waals surface area contributed by atoms with Gasteiger partial charge < -0.3 is 19.1 Å². The highest BCUT2D eigenvalue weighted by Gasteiger charge is 2.35. The van der Waals surface area contributed by atoms with Crippen molar-refractivity contribution in [2.75, 3.05) is 44.3 Å². The molecule has 0 spiro atoms. The molecule has 1 aliphatic carbocycles. The second-order valence-corrected chi connectivity index (χ2v) is 7.63. The summed E-state index contributed by atoms with van der Waals surface area (Å²) < 4.78 is 10.7. The SMILES string of the molecule is O=C(C1CC1)N1CCN(c2noc(-c3ccnc(CC4COC4)c3)n2)CC1. The lowest BCUT2D eigenvalue weighted by Crippen LogP contribution is -2.49. The number of hydrogen-bond acceptors (Lipinski definition) is 7. The van der Waals surface area contributed by atoms with Crippen LogP contribution in [0, 0.1) is 11.8 Å². The number of nitrogens with zero attached hydrogens (tertiary/aromatic N) is 5. The minimum Gasteiger partial charge on any atom is -0.381 e. The van der Waals surface area contributed by atoms with Gasteiger partial charge in [0.15, 0.2) is 0 Å². The number of piperazine rings is 1. The summed E-state index contributed by atoms with van der Waals surface area (Å²) in [6, 6.07) is 3.91. The molecule has 2 aromatic rings. The van der Waals surface area contributed by atoms with Crippen LogP contribution in [0.15, 0.2) is 22.9 Å². The van der Waals surface area contributed by atoms with E-state index in [0.717, 1.165) is 69.9 Å². The molecule has 0 bridgehead atoms. The molecule has 5 rings (SSSR count). The van der Waals surface area contributed by atoms with Crippen LogP contribution in [0.25, 0.3) is 11.5 Å². The molecule has 1 amide bonds. The number of ether oxygens (including phenoxy) is 1. The lowest BCUT2D eigenvalue weighted by atomic mass is 10.0. The van der Waals surface area contributed by atoms with Gasteiger partial charge in [0.2, 0.25) is 5.91 Å². The summed E-state index contributed by atoms with van der Waals surface area (Å²) in [6.07, 6.45) is 4.80. The number of anilines is 1. The van der Waals surface area contributed by atoms with Crippen LogP contribution in [-0.4, -0.2) is 65.3 Å². The van der Waals surface area contributed by atoms with Gasteiger partial charge in [-0.1, -0.05) is 0 Å². The van der Waals surface area contributed by atoms with Gasteiger partial charge in [0, 0.05) is 55.5 Å². The highest BCUT2D eigenvalue weighted by atomic mass is 16.5. The molecule has 27 heavy (non-hydrogen) atoms. The maximum Gasteiger partial charge on any atom is 0.266 e. The van der Waals surface area contributed by atoms with Gasteiger partial charge in [-0.2, -0.15) is 4.98 Å². The van der Waals surface area contributed by atoms with E-state index < -0.39 is 0 Å². The Hall–Kier alpha value is -2.48. The molecule has 0 N–H and O–H groups in total. The van der Waals surface area contributed by atoms with Crippen LogP contribution >= 0.6 is 0 Å². The molecule has 2 saturated heterocycles. The Labute approximate surface area is 157 Å². The minimum absolute atomic E-state index is 0.278. The van der Waals surface area contributed by atoms with Gasteiger partial charge in [0.25, 0.3) is 11.8 Å². The van der Waals surface area contributed by atoms with Crippen molar-refractivity contribution in [1.29, 1.82) is 0 Å². The Balaban J connectivity index is 1.23. The molecule has 8 heteroatoms. The van der Waals surface area contributed by atoms with Crippen molar-refractivity contribution < 1.29 is 14.1 Å². The van der Waals surface area contributed by atoms with Gasteiger partial charge in [-0.05, 0) is 36.6 Å². The summed E-state index contributed by atoms with van der Waals surface area (Å²) in [5.41, 5.74) is 1.91. The molecule has 2 aliphatic heterocycles. The first-order chi connectivity index (χ1) is 13.3. The number of amides is 1. The third-order valence-electron chi connectivity index (χ3n) is 5.48. The molecule has 0 unspecified atom stereocenters. The molecule has 1 saturated carbocycles. The van der Waals surface area contributed by atoms with Crippen molar-refractivity contribution in [1.82, 2.24) is 20.0 Å². The number of rotatable bonds is 5. The Morgan fingerprint density at radius 1 is 1.19 bits per heavy atom. The van der Waals surface area contributed by atoms with E-state index in [1.807, 2.05) is 17.0 Å². The van der Waals surface area contributed by atoms with Crippen molar-refractivity contribution in [3.63, 3.8) is 0 Å². The van der Waals surface area contributed by atoms with Crippen LogP contribution < -0.4 is 4.90 Å². The topological polar surface area (TPSA) is 84.6 Å². The van der Waals surface area contributed by atoms with Crippen LogP contribution in [-0.2, 0) is 16.0 Å². The Bertz CT molecular complexity index is 822. The fourth-order valence-corrected chi connectivity index (χ4v) is 3.60. The zero-order chi connectivity index (χ0) is 18.2. The third kappa shape index (κ3) is 3.53. The van der Waals surface area contributed by atoms with Gasteiger partial charge in [0.05, 0.1) is 13.2 Å². The van der Waals surface area contributed by atoms with E-state index in [1.165, 1.54) is 0 Å². The van der Waals surface area contributed by atoms with Crippen molar-refractivity contribution in [2.45, 2.75) is 19.3 Å². The smallest absolute Gasteiger partial charge is 0.266 e. The standard InChI is InChI=1S/C19H23N5O3/c25-18(14-1-2-14)23-5-7-24(8-6-23)19-21-17(27-22-19)15-3-4-20-16(10-15)9-13-11-26-12-13/h3-4,10,13-14H,1-2,5-9,11-12H2. The summed E-state index contributed by atoms with van der Waals surface area (Å²) in [7, 11) is 0. The molecular weight excluding hydrogens is 346 g/mol. The summed E-state index contributed by atoms with van der Waals surface area (Å²) in [4.78, 5) is 25.2. The fraction of sp³-hybridized carbons (Fsp3) is 0.579. The summed E-state index contributed by atoms with van der Waals surface area (Å²) in [6.45, 7) is 4.54. The average molecular weight is 369 g/mol. The average Bonchev–Trinajstić information content (AvgIpc) is 3.41. The van der Waals surface area contributed by atoms with E-state index in [2.05, 4.69) is 20.0 Å². The van der Waals surface area contributed by atoms with Gasteiger partial charge in [-0.15, -0.1) is 0 Å². The maximum atomic E-state index is 12.2. The van der Waals surface area contributed by atoms with Gasteiger partial charge in [-0.25, -0.2) is 0 Å². The molecule has 3 fully saturated rings. The van der Waals surface area contributed by atoms with Crippen molar-refractivity contribution >= 4 is 11.9 Å². The normalized spacial score (nSPS) is 20.6. The number of carbonyl (C=O) groups excluding carboxylic acids is 1. The third-order valence-corrected chi connectivity index (χ3v) is 5.48. The Morgan fingerprint density at radius 2 is 2.00 bits per heavy atom. The van der Waals surface area contributed by atoms with E-state index in [0.29, 0.717) is 23.7 Å². The Kier molecular flexibility index (Phi) is 4.27. The predicted octanol–water partition coefficient (Wildman–Crippen LogP) is 1.38. The second kappa shape index (κ2) is 6.92. The van der Waals surface area contributed by atoms with E-state index >= 15 is 0 Å². The summed E-state index contributed by atoms with van der Waals surface area (Å²) >= 11 is 0. The second-order valence-electron chi connectivity index (χ2n) is 7.63. The summed E-state index contributed by atoms with van der Waals surface area (Å²) in [5.74, 6) is 2.25. The first-order valence-corrected chi connectivity index (χ1v) is 9.67. The quantitative estimate of drug-likeness (QED) is 0.787. The monoisotopic (exact) mass is 369 g/mol. The molecule has 0 aromatic carbocycles. The predicted molar refractivity (Wildman–Crippen MR) is 97.1 cm³/mol. The van der Waals surface area contributed by atoms with Crippen molar-refractivity contribution in [3.05, 3.63) is 24.0 Å². The lowest BCUT2D eigenvalue weighted by Gasteiger charge is -2.34. The zero-order valence-electron chi connectivity index (χ0n) is 15.2. The van der Waals surface area contributed by atoms with Crippen molar-refractivity contribution in [3.8, 4) is 11.5 Å². The van der Waals surface area contributed by atoms with Gasteiger partial charge in [0.1, 0.15) is 0 Å². The first-order valence-electron chi connectivity index (χ1n) is 9.67. The van der Waals surface area contributed by atoms with E-state index in [9.17, 15) is 4.79 Å². The van der Waals surface area contributed by atoms with Crippen LogP contribution in [0.2, 0.25) is 0 Å². The molecule has 2 aromatic heterocycles. The fourth-order valence-electron chi connectivity index (χ4n) is 3.60. The largest absolute Gasteiger partial charge is 0.381 e. The maximum absolute atomic E-state index is 12.2. The molecule has 0 radical (unpaired) electrons. The van der Waals surface area contributed by atoms with Crippen LogP contribution in [0.5, 0.6) is 0 Å². The zero-order valence-corrected chi connectivity index (χ0v) is 15.2. The molecule has 8 nitrogen and oxygen atoms in total. The number of aromatic nitrogens is 3. The highest BCUT2D eigenvalue weighted by Crippen LogP contribution is 2.31. The van der Waals surface area contributed by atoms with E-state index in [-0.39, 0.29) is 5.92 Å². The van der Waals surface area contributed by atoms with Crippen molar-refractivity contribution in [2.24, 2.45) is 11.8 Å². The van der Waals surface area contributed by atoms with Crippen LogP contribution in [0.4, 0.5) is 5.95 Å². The van der Waals surface area contributed by atoms with E-state index in [4.69, 9.17) is 9.26 Å². The molecule has 142 valence electrons. The molecule has 0 atom stereocenters. The first kappa shape index (κ1) is 16.7. The molecule has 4 heterocycles.